The Morgan fingerprint density at radius 1 is 1.03 bits per heavy atom. The zero-order chi connectivity index (χ0) is 25.2. The first-order chi connectivity index (χ1) is 17.9. The van der Waals surface area contributed by atoms with Gasteiger partial charge in [0.15, 0.2) is 12.3 Å². The molecule has 4 aromatic rings. The predicted octanol–water partition coefficient (Wildman–Crippen LogP) is 3.51. The Balaban J connectivity index is 1.00. The zero-order valence-electron chi connectivity index (χ0n) is 20.2. The Morgan fingerprint density at radius 2 is 1.84 bits per heavy atom. The Bertz CT molecular complexity index is 1440. The molecule has 1 saturated heterocycles. The second-order valence-corrected chi connectivity index (χ2v) is 11.0. The topological polar surface area (TPSA) is 76.2 Å². The number of anilines is 1. The van der Waals surface area contributed by atoms with E-state index < -0.39 is 18.0 Å². The second-order valence-electron chi connectivity index (χ2n) is 11.0. The van der Waals surface area contributed by atoms with Gasteiger partial charge in [-0.1, -0.05) is 11.3 Å². The fourth-order valence-corrected chi connectivity index (χ4v) is 6.14. The van der Waals surface area contributed by atoms with Gasteiger partial charge in [-0.3, -0.25) is 4.98 Å². The van der Waals surface area contributed by atoms with Gasteiger partial charge in [-0.05, 0) is 42.4 Å². The van der Waals surface area contributed by atoms with E-state index in [1.807, 2.05) is 28.9 Å². The van der Waals surface area contributed by atoms with Gasteiger partial charge in [-0.25, -0.2) is 22.8 Å². The summed E-state index contributed by atoms with van der Waals surface area (Å²) in [5.41, 5.74) is 4.19. The minimum Gasteiger partial charge on any atom is -0.364 e. The first-order valence-corrected chi connectivity index (χ1v) is 12.6. The molecule has 0 radical (unpaired) electrons. The van der Waals surface area contributed by atoms with Crippen molar-refractivity contribution in [3.8, 4) is 11.3 Å². The molecule has 0 amide bonds. The van der Waals surface area contributed by atoms with Crippen molar-refractivity contribution in [3.63, 3.8) is 0 Å². The van der Waals surface area contributed by atoms with Gasteiger partial charge in [0.05, 0.1) is 43.4 Å². The summed E-state index contributed by atoms with van der Waals surface area (Å²) < 4.78 is 44.7. The Morgan fingerprint density at radius 3 is 2.62 bits per heavy atom. The molecule has 2 atom stereocenters. The largest absolute Gasteiger partial charge is 0.364 e. The van der Waals surface area contributed by atoms with E-state index in [-0.39, 0.29) is 18.5 Å². The fraction of sp³-hybridized carbons (Fsp3) is 0.462. The number of nitrogens with one attached hydrogen (secondary N) is 1. The van der Waals surface area contributed by atoms with Crippen molar-refractivity contribution < 1.29 is 13.2 Å². The summed E-state index contributed by atoms with van der Waals surface area (Å²) >= 11 is 0. The summed E-state index contributed by atoms with van der Waals surface area (Å²) in [7, 11) is 0. The van der Waals surface area contributed by atoms with Crippen molar-refractivity contribution in [3.05, 3.63) is 60.4 Å². The van der Waals surface area contributed by atoms with E-state index in [0.717, 1.165) is 35.6 Å². The van der Waals surface area contributed by atoms with Gasteiger partial charge in [0.25, 0.3) is 0 Å². The minimum atomic E-state index is -1.48. The molecule has 3 aliphatic carbocycles. The van der Waals surface area contributed by atoms with Crippen molar-refractivity contribution >= 4 is 11.3 Å². The Kier molecular flexibility index (Phi) is 5.08. The number of hydrogen-bond donors (Lipinski definition) is 1. The van der Waals surface area contributed by atoms with Crippen LogP contribution in [0, 0.1) is 5.41 Å². The van der Waals surface area contributed by atoms with Crippen molar-refractivity contribution in [2.24, 2.45) is 5.41 Å². The average molecular weight is 509 g/mol. The van der Waals surface area contributed by atoms with E-state index in [2.05, 4.69) is 37.9 Å². The molecule has 5 heterocycles. The van der Waals surface area contributed by atoms with Gasteiger partial charge in [0.2, 0.25) is 0 Å². The molecule has 3 saturated carbocycles. The highest BCUT2D eigenvalue weighted by atomic mass is 19.2. The molecule has 37 heavy (non-hydrogen) atoms. The van der Waals surface area contributed by atoms with Crippen LogP contribution in [0.25, 0.3) is 16.9 Å². The lowest BCUT2D eigenvalue weighted by Gasteiger charge is -2.66. The van der Waals surface area contributed by atoms with Crippen LogP contribution >= 0.6 is 0 Å². The second kappa shape index (κ2) is 8.27. The Labute approximate surface area is 211 Å². The normalized spacial score (nSPS) is 28.5. The molecular weight excluding hydrogens is 481 g/mol. The smallest absolute Gasteiger partial charge is 0.150 e. The number of aromatic nitrogens is 6. The molecule has 4 aliphatic rings. The van der Waals surface area contributed by atoms with E-state index in [1.165, 1.54) is 0 Å². The molecule has 8 nitrogen and oxygen atoms in total. The van der Waals surface area contributed by atoms with Crippen LogP contribution in [0.5, 0.6) is 0 Å². The maximum absolute atomic E-state index is 13.7. The predicted molar refractivity (Wildman–Crippen MR) is 131 cm³/mol. The van der Waals surface area contributed by atoms with Crippen LogP contribution in [-0.4, -0.2) is 67.0 Å². The standard InChI is InChI=1S/C26H27F3N8/c27-21-10-35(11-22(21)28)20-3-18(5-30-6-20)23-12-37(34-33-23)9-19-8-36-7-17(1-2-24(36)32-19)4-31-16-25-13-26(29,14-25)15-25/h1-3,5-8,12,21-22,31H,4,9-11,13-16H2/t21-,22+,25?,26?. The van der Waals surface area contributed by atoms with E-state index in [1.54, 1.807) is 22.0 Å². The number of rotatable bonds is 8. The average Bonchev–Trinajstić information content (AvgIpc) is 3.56. The highest BCUT2D eigenvalue weighted by Gasteiger charge is 2.68. The first-order valence-electron chi connectivity index (χ1n) is 12.6. The minimum absolute atomic E-state index is 0.0191. The molecule has 11 heteroatoms. The lowest BCUT2D eigenvalue weighted by molar-refractivity contribution is -0.209. The van der Waals surface area contributed by atoms with Crippen LogP contribution in [0.1, 0.15) is 30.5 Å². The summed E-state index contributed by atoms with van der Waals surface area (Å²) in [6, 6.07) is 5.88. The number of pyridine rings is 2. The quantitative estimate of drug-likeness (QED) is 0.393. The molecular formula is C26H27F3N8. The Hall–Kier alpha value is -3.47. The number of halogens is 3. The molecule has 1 N–H and O–H groups in total. The van der Waals surface area contributed by atoms with Crippen molar-refractivity contribution in [1.29, 1.82) is 0 Å². The van der Waals surface area contributed by atoms with Gasteiger partial charge in [0, 0.05) is 37.2 Å². The number of hydrogen-bond acceptors (Lipinski definition) is 6. The third-order valence-corrected chi connectivity index (χ3v) is 7.90. The van der Waals surface area contributed by atoms with E-state index in [4.69, 9.17) is 0 Å². The van der Waals surface area contributed by atoms with Crippen LogP contribution in [0.15, 0.2) is 49.2 Å². The van der Waals surface area contributed by atoms with Gasteiger partial charge < -0.3 is 14.6 Å². The molecule has 192 valence electrons. The highest BCUT2D eigenvalue weighted by Crippen LogP contribution is 2.69. The van der Waals surface area contributed by atoms with Crippen LogP contribution in [-0.2, 0) is 13.1 Å². The number of alkyl halides is 3. The highest BCUT2D eigenvalue weighted by molar-refractivity contribution is 5.63. The zero-order valence-corrected chi connectivity index (χ0v) is 20.2. The fourth-order valence-electron chi connectivity index (χ4n) is 6.14. The van der Waals surface area contributed by atoms with Gasteiger partial charge >= 0.3 is 0 Å². The summed E-state index contributed by atoms with van der Waals surface area (Å²) in [5, 5.41) is 12.0. The lowest BCUT2D eigenvalue weighted by Crippen LogP contribution is -2.67. The van der Waals surface area contributed by atoms with Crippen LogP contribution < -0.4 is 10.2 Å². The third-order valence-electron chi connectivity index (χ3n) is 7.90. The maximum Gasteiger partial charge on any atom is 0.150 e. The number of fused-ring (bicyclic) bond motifs is 1. The molecule has 2 bridgehead atoms. The molecule has 0 unspecified atom stereocenters. The molecule has 4 aromatic heterocycles. The first kappa shape index (κ1) is 22.7. The van der Waals surface area contributed by atoms with E-state index in [0.29, 0.717) is 37.2 Å². The molecule has 0 aromatic carbocycles. The van der Waals surface area contributed by atoms with Crippen molar-refractivity contribution in [2.45, 2.75) is 50.4 Å². The SMILES string of the molecule is F[C@@H]1CN(c2cncc(-c3cn(Cc4cn5cc(CNCC67CC(F)(C6)C7)ccc5n4)nn3)c2)C[C@@H]1F. The monoisotopic (exact) mass is 508 g/mol. The van der Waals surface area contributed by atoms with E-state index >= 15 is 0 Å². The van der Waals surface area contributed by atoms with Crippen molar-refractivity contribution in [1.82, 2.24) is 34.7 Å². The lowest BCUT2D eigenvalue weighted by atomic mass is 9.42. The molecule has 4 fully saturated rings. The maximum atomic E-state index is 13.7. The summed E-state index contributed by atoms with van der Waals surface area (Å²) in [4.78, 5) is 10.6. The summed E-state index contributed by atoms with van der Waals surface area (Å²) in [6.07, 6.45) is 8.28. The summed E-state index contributed by atoms with van der Waals surface area (Å²) in [6.45, 7) is 2.08. The number of nitrogens with zero attached hydrogens (tertiary/aromatic N) is 7. The van der Waals surface area contributed by atoms with Crippen LogP contribution in [0.3, 0.4) is 0 Å². The molecule has 0 spiro atoms. The van der Waals surface area contributed by atoms with Gasteiger partial charge in [-0.2, -0.15) is 0 Å². The third kappa shape index (κ3) is 4.14. The summed E-state index contributed by atoms with van der Waals surface area (Å²) in [5.74, 6) is 0. The van der Waals surface area contributed by atoms with E-state index in [9.17, 15) is 13.2 Å². The molecule has 8 rings (SSSR count). The number of imidazole rings is 1. The van der Waals surface area contributed by atoms with Gasteiger partial charge in [0.1, 0.15) is 17.0 Å². The van der Waals surface area contributed by atoms with Crippen LogP contribution in [0.4, 0.5) is 18.9 Å². The van der Waals surface area contributed by atoms with Crippen molar-refractivity contribution in [2.75, 3.05) is 24.5 Å². The van der Waals surface area contributed by atoms with Crippen LogP contribution in [0.2, 0.25) is 0 Å². The van der Waals surface area contributed by atoms with Gasteiger partial charge in [-0.15, -0.1) is 5.10 Å². The molecule has 1 aliphatic heterocycles.